The van der Waals surface area contributed by atoms with Gasteiger partial charge in [-0.05, 0) is 42.0 Å². The molecule has 0 saturated carbocycles. The smallest absolute Gasteiger partial charge is 0.125 e. The lowest BCUT2D eigenvalue weighted by Crippen LogP contribution is -1.85. The van der Waals surface area contributed by atoms with Crippen LogP contribution in [0.3, 0.4) is 0 Å². The van der Waals surface area contributed by atoms with Crippen molar-refractivity contribution in [1.82, 2.24) is 0 Å². The number of halogens is 3. The van der Waals surface area contributed by atoms with Gasteiger partial charge in [-0.2, -0.15) is 5.26 Å². The van der Waals surface area contributed by atoms with Gasteiger partial charge < -0.3 is 0 Å². The highest BCUT2D eigenvalue weighted by Gasteiger charge is 2.07. The fraction of sp³-hybridized carbons (Fsp3) is 0. The molecular formula is C13H6Cl2FN. The molecule has 84 valence electrons. The second-order valence-corrected chi connectivity index (χ2v) is 4.31. The highest BCUT2D eigenvalue weighted by Crippen LogP contribution is 2.31. The molecule has 17 heavy (non-hydrogen) atoms. The first kappa shape index (κ1) is 11.9. The van der Waals surface area contributed by atoms with Gasteiger partial charge in [0.15, 0.2) is 0 Å². The van der Waals surface area contributed by atoms with E-state index < -0.39 is 5.82 Å². The summed E-state index contributed by atoms with van der Waals surface area (Å²) in [5, 5.41) is 9.75. The molecule has 4 heteroatoms. The minimum Gasteiger partial charge on any atom is -0.207 e. The molecule has 0 radical (unpaired) electrons. The van der Waals surface area contributed by atoms with E-state index in [-0.39, 0.29) is 5.56 Å². The quantitative estimate of drug-likeness (QED) is 0.735. The van der Waals surface area contributed by atoms with Crippen molar-refractivity contribution < 1.29 is 4.39 Å². The Labute approximate surface area is 108 Å². The summed E-state index contributed by atoms with van der Waals surface area (Å²) in [5.74, 6) is -0.477. The summed E-state index contributed by atoms with van der Waals surface area (Å²) in [4.78, 5) is 0. The maximum absolute atomic E-state index is 13.3. The third-order valence-corrected chi connectivity index (χ3v) is 2.83. The van der Waals surface area contributed by atoms with E-state index in [9.17, 15) is 4.39 Å². The zero-order chi connectivity index (χ0) is 12.4. The van der Waals surface area contributed by atoms with Crippen LogP contribution in [0.2, 0.25) is 10.0 Å². The lowest BCUT2D eigenvalue weighted by Gasteiger charge is -2.06. The molecule has 0 aromatic heterocycles. The molecule has 0 spiro atoms. The average Bonchev–Trinajstić information content (AvgIpc) is 2.31. The predicted octanol–water partition coefficient (Wildman–Crippen LogP) is 4.67. The van der Waals surface area contributed by atoms with Crippen LogP contribution in [0, 0.1) is 17.1 Å². The SMILES string of the molecule is N#Cc1cc(F)cc(-c2cc(Cl)ccc2Cl)c1. The van der Waals surface area contributed by atoms with E-state index in [1.54, 1.807) is 24.3 Å². The third-order valence-electron chi connectivity index (χ3n) is 2.27. The van der Waals surface area contributed by atoms with Crippen LogP contribution in [0.15, 0.2) is 36.4 Å². The zero-order valence-corrected chi connectivity index (χ0v) is 10.1. The largest absolute Gasteiger partial charge is 0.207 e. The molecule has 0 aliphatic carbocycles. The van der Waals surface area contributed by atoms with Crippen LogP contribution in [0.5, 0.6) is 0 Å². The molecule has 2 aromatic carbocycles. The van der Waals surface area contributed by atoms with E-state index in [0.717, 1.165) is 0 Å². The van der Waals surface area contributed by atoms with E-state index >= 15 is 0 Å². The van der Waals surface area contributed by atoms with Crippen molar-refractivity contribution in [3.8, 4) is 17.2 Å². The second-order valence-electron chi connectivity index (χ2n) is 3.46. The van der Waals surface area contributed by atoms with Crippen molar-refractivity contribution in [2.45, 2.75) is 0 Å². The van der Waals surface area contributed by atoms with Gasteiger partial charge >= 0.3 is 0 Å². The minimum atomic E-state index is -0.477. The molecule has 0 saturated heterocycles. The van der Waals surface area contributed by atoms with Crippen LogP contribution >= 0.6 is 23.2 Å². The molecule has 2 aromatic rings. The lowest BCUT2D eigenvalue weighted by molar-refractivity contribution is 0.628. The summed E-state index contributed by atoms with van der Waals surface area (Å²) in [7, 11) is 0. The molecule has 2 rings (SSSR count). The van der Waals surface area contributed by atoms with Crippen LogP contribution in [-0.2, 0) is 0 Å². The van der Waals surface area contributed by atoms with Gasteiger partial charge in [0.05, 0.1) is 11.6 Å². The first-order valence-corrected chi connectivity index (χ1v) is 5.52. The Kier molecular flexibility index (Phi) is 3.33. The van der Waals surface area contributed by atoms with Crippen molar-refractivity contribution >= 4 is 23.2 Å². The van der Waals surface area contributed by atoms with Crippen molar-refractivity contribution in [3.63, 3.8) is 0 Å². The Morgan fingerprint density at radius 1 is 1.06 bits per heavy atom. The normalized spacial score (nSPS) is 10.0. The molecule has 0 aliphatic rings. The van der Waals surface area contributed by atoms with Gasteiger partial charge in [0.1, 0.15) is 5.82 Å². The van der Waals surface area contributed by atoms with Crippen molar-refractivity contribution in [1.29, 1.82) is 5.26 Å². The molecule has 0 aliphatic heterocycles. The minimum absolute atomic E-state index is 0.246. The second kappa shape index (κ2) is 4.75. The number of nitriles is 1. The van der Waals surface area contributed by atoms with Gasteiger partial charge in [-0.15, -0.1) is 0 Å². The molecule has 1 nitrogen and oxygen atoms in total. The van der Waals surface area contributed by atoms with E-state index in [1.807, 2.05) is 6.07 Å². The molecule has 0 bridgehead atoms. The van der Waals surface area contributed by atoms with Gasteiger partial charge in [-0.3, -0.25) is 0 Å². The van der Waals surface area contributed by atoms with Gasteiger partial charge in [-0.25, -0.2) is 4.39 Å². The first-order chi connectivity index (χ1) is 8.10. The van der Waals surface area contributed by atoms with Crippen LogP contribution in [-0.4, -0.2) is 0 Å². The van der Waals surface area contributed by atoms with Crippen molar-refractivity contribution in [2.24, 2.45) is 0 Å². The van der Waals surface area contributed by atoms with E-state index in [0.29, 0.717) is 21.2 Å². The van der Waals surface area contributed by atoms with E-state index in [1.165, 1.54) is 12.1 Å². The Bertz CT molecular complexity index is 617. The Morgan fingerprint density at radius 3 is 2.53 bits per heavy atom. The Balaban J connectivity index is 2.64. The molecule has 0 atom stereocenters. The maximum Gasteiger partial charge on any atom is 0.125 e. The summed E-state index contributed by atoms with van der Waals surface area (Å²) in [6, 6.07) is 10.9. The van der Waals surface area contributed by atoms with Crippen LogP contribution in [0.1, 0.15) is 5.56 Å². The Morgan fingerprint density at radius 2 is 1.82 bits per heavy atom. The molecule has 0 fully saturated rings. The number of rotatable bonds is 1. The summed E-state index contributed by atoms with van der Waals surface area (Å²) >= 11 is 11.9. The maximum atomic E-state index is 13.3. The topological polar surface area (TPSA) is 23.8 Å². The fourth-order valence-corrected chi connectivity index (χ4v) is 1.93. The van der Waals surface area contributed by atoms with E-state index in [4.69, 9.17) is 28.5 Å². The van der Waals surface area contributed by atoms with Gasteiger partial charge in [0, 0.05) is 15.6 Å². The highest BCUT2D eigenvalue weighted by atomic mass is 35.5. The highest BCUT2D eigenvalue weighted by molar-refractivity contribution is 6.35. The monoisotopic (exact) mass is 265 g/mol. The summed E-state index contributed by atoms with van der Waals surface area (Å²) in [5.41, 5.74) is 1.39. The van der Waals surface area contributed by atoms with Crippen LogP contribution in [0.25, 0.3) is 11.1 Å². The van der Waals surface area contributed by atoms with Crippen LogP contribution < -0.4 is 0 Å². The Hall–Kier alpha value is -1.56. The van der Waals surface area contributed by atoms with Gasteiger partial charge in [0.2, 0.25) is 0 Å². The first-order valence-electron chi connectivity index (χ1n) is 4.76. The average molecular weight is 266 g/mol. The summed E-state index contributed by atoms with van der Waals surface area (Å²) in [6.45, 7) is 0. The lowest BCUT2D eigenvalue weighted by atomic mass is 10.0. The molecule has 0 unspecified atom stereocenters. The standard InChI is InChI=1S/C13H6Cl2FN/c14-10-1-2-13(15)12(6-10)9-3-8(7-17)4-11(16)5-9/h1-6H. The zero-order valence-electron chi connectivity index (χ0n) is 8.55. The number of benzene rings is 2. The molecular weight excluding hydrogens is 260 g/mol. The molecule has 0 N–H and O–H groups in total. The van der Waals surface area contributed by atoms with E-state index in [2.05, 4.69) is 0 Å². The summed E-state index contributed by atoms with van der Waals surface area (Å²) in [6.07, 6.45) is 0. The summed E-state index contributed by atoms with van der Waals surface area (Å²) < 4.78 is 13.3. The van der Waals surface area contributed by atoms with Crippen LogP contribution in [0.4, 0.5) is 4.39 Å². The number of hydrogen-bond acceptors (Lipinski definition) is 1. The molecule has 0 heterocycles. The van der Waals surface area contributed by atoms with Gasteiger partial charge in [0.25, 0.3) is 0 Å². The predicted molar refractivity (Wildman–Crippen MR) is 66.6 cm³/mol. The molecule has 0 amide bonds. The van der Waals surface area contributed by atoms with Crippen molar-refractivity contribution in [3.05, 3.63) is 57.8 Å². The fourth-order valence-electron chi connectivity index (χ4n) is 1.53. The number of hydrogen-bond donors (Lipinski definition) is 0. The van der Waals surface area contributed by atoms with Crippen molar-refractivity contribution in [2.75, 3.05) is 0 Å². The van der Waals surface area contributed by atoms with Gasteiger partial charge in [-0.1, -0.05) is 23.2 Å². The number of nitrogens with zero attached hydrogens (tertiary/aromatic N) is 1. The third kappa shape index (κ3) is 2.58.